The van der Waals surface area contributed by atoms with Gasteiger partial charge in [0.25, 0.3) is 0 Å². The average molecular weight is 286 g/mol. The molecule has 21 heavy (non-hydrogen) atoms. The van der Waals surface area contributed by atoms with E-state index in [-0.39, 0.29) is 0 Å². The largest absolute Gasteiger partial charge is 0.497 e. The first kappa shape index (κ1) is 15.4. The molecule has 0 aliphatic heterocycles. The van der Waals surface area contributed by atoms with Crippen LogP contribution in [0.2, 0.25) is 0 Å². The molecule has 1 atom stereocenters. The van der Waals surface area contributed by atoms with E-state index in [0.717, 1.165) is 24.2 Å². The van der Waals surface area contributed by atoms with E-state index in [2.05, 4.69) is 12.1 Å². The molecule has 0 aromatic heterocycles. The van der Waals surface area contributed by atoms with Crippen LogP contribution in [0.4, 0.5) is 0 Å². The Bertz CT molecular complexity index is 552. The Morgan fingerprint density at radius 2 is 1.76 bits per heavy atom. The van der Waals surface area contributed by atoms with E-state index >= 15 is 0 Å². The molecule has 1 N–H and O–H groups in total. The zero-order valence-electron chi connectivity index (χ0n) is 12.6. The van der Waals surface area contributed by atoms with Gasteiger partial charge in [-0.2, -0.15) is 0 Å². The summed E-state index contributed by atoms with van der Waals surface area (Å²) in [5.41, 5.74) is 2.11. The van der Waals surface area contributed by atoms with Crippen LogP contribution in [-0.4, -0.2) is 19.3 Å². The van der Waals surface area contributed by atoms with Gasteiger partial charge in [0, 0.05) is 11.6 Å². The molecule has 1 unspecified atom stereocenters. The summed E-state index contributed by atoms with van der Waals surface area (Å²) >= 11 is 0. The van der Waals surface area contributed by atoms with Crippen molar-refractivity contribution >= 4 is 0 Å². The van der Waals surface area contributed by atoms with Crippen LogP contribution in [-0.2, 0) is 6.42 Å². The number of hydrogen-bond acceptors (Lipinski definition) is 3. The Kier molecular flexibility index (Phi) is 5.64. The van der Waals surface area contributed by atoms with Gasteiger partial charge in [-0.25, -0.2) is 0 Å². The van der Waals surface area contributed by atoms with Gasteiger partial charge in [0.1, 0.15) is 11.5 Å². The lowest BCUT2D eigenvalue weighted by Crippen LogP contribution is -2.02. The molecule has 112 valence electrons. The summed E-state index contributed by atoms with van der Waals surface area (Å²) in [6.07, 6.45) is 2.09. The highest BCUT2D eigenvalue weighted by molar-refractivity contribution is 5.41. The van der Waals surface area contributed by atoms with Gasteiger partial charge in [0.15, 0.2) is 0 Å². The molecule has 2 aromatic rings. The monoisotopic (exact) mass is 286 g/mol. The van der Waals surface area contributed by atoms with Gasteiger partial charge in [-0.05, 0) is 37.0 Å². The summed E-state index contributed by atoms with van der Waals surface area (Å²) in [6, 6.07) is 15.8. The first-order valence-corrected chi connectivity index (χ1v) is 7.18. The second-order valence-electron chi connectivity index (χ2n) is 5.00. The highest BCUT2D eigenvalue weighted by Gasteiger charge is 2.14. The fourth-order valence-corrected chi connectivity index (χ4v) is 2.39. The Labute approximate surface area is 126 Å². The van der Waals surface area contributed by atoms with Crippen LogP contribution in [0.5, 0.6) is 11.5 Å². The van der Waals surface area contributed by atoms with Gasteiger partial charge in [-0.3, -0.25) is 0 Å². The second kappa shape index (κ2) is 7.70. The smallest absolute Gasteiger partial charge is 0.128 e. The maximum atomic E-state index is 10.4. The van der Waals surface area contributed by atoms with Crippen LogP contribution in [0, 0.1) is 0 Å². The molecule has 0 saturated carbocycles. The van der Waals surface area contributed by atoms with Crippen molar-refractivity contribution in [1.82, 2.24) is 0 Å². The molecule has 3 heteroatoms. The number of rotatable bonds is 7. The molecule has 0 bridgehead atoms. The fraction of sp³-hybridized carbons (Fsp3) is 0.333. The fourth-order valence-electron chi connectivity index (χ4n) is 2.39. The van der Waals surface area contributed by atoms with Crippen molar-refractivity contribution in [2.45, 2.75) is 25.4 Å². The van der Waals surface area contributed by atoms with E-state index < -0.39 is 6.10 Å². The minimum absolute atomic E-state index is 0.519. The van der Waals surface area contributed by atoms with E-state index in [1.807, 2.05) is 30.3 Å². The van der Waals surface area contributed by atoms with Crippen molar-refractivity contribution < 1.29 is 14.6 Å². The maximum Gasteiger partial charge on any atom is 0.128 e. The molecular weight excluding hydrogens is 264 g/mol. The molecule has 0 saturated heterocycles. The van der Waals surface area contributed by atoms with Crippen LogP contribution in [0.3, 0.4) is 0 Å². The molecule has 0 spiro atoms. The quantitative estimate of drug-likeness (QED) is 0.842. The minimum Gasteiger partial charge on any atom is -0.497 e. The van der Waals surface area contributed by atoms with Crippen LogP contribution in [0.25, 0.3) is 0 Å². The van der Waals surface area contributed by atoms with Gasteiger partial charge in [0.2, 0.25) is 0 Å². The highest BCUT2D eigenvalue weighted by Crippen LogP contribution is 2.31. The zero-order valence-corrected chi connectivity index (χ0v) is 12.6. The van der Waals surface area contributed by atoms with E-state index in [1.54, 1.807) is 20.3 Å². The van der Waals surface area contributed by atoms with Crippen LogP contribution in [0.15, 0.2) is 48.5 Å². The van der Waals surface area contributed by atoms with Crippen molar-refractivity contribution in [1.29, 1.82) is 0 Å². The Balaban J connectivity index is 1.95. The highest BCUT2D eigenvalue weighted by atomic mass is 16.5. The first-order chi connectivity index (χ1) is 10.2. The molecule has 2 aromatic carbocycles. The van der Waals surface area contributed by atoms with Gasteiger partial charge in [-0.15, -0.1) is 0 Å². The summed E-state index contributed by atoms with van der Waals surface area (Å²) < 4.78 is 10.5. The maximum absolute atomic E-state index is 10.4. The lowest BCUT2D eigenvalue weighted by Gasteiger charge is -2.15. The number of aliphatic hydroxyl groups excluding tert-OH is 1. The SMILES string of the molecule is COc1ccc(C(O)CCCc2ccccc2)c(OC)c1. The Hall–Kier alpha value is -2.00. The van der Waals surface area contributed by atoms with E-state index in [4.69, 9.17) is 9.47 Å². The molecule has 0 fully saturated rings. The van der Waals surface area contributed by atoms with Crippen molar-refractivity contribution in [3.8, 4) is 11.5 Å². The lowest BCUT2D eigenvalue weighted by atomic mass is 10.0. The predicted octanol–water partition coefficient (Wildman–Crippen LogP) is 3.76. The van der Waals surface area contributed by atoms with Crippen molar-refractivity contribution in [2.24, 2.45) is 0 Å². The van der Waals surface area contributed by atoms with E-state index in [9.17, 15) is 5.11 Å². The van der Waals surface area contributed by atoms with Gasteiger partial charge >= 0.3 is 0 Å². The third kappa shape index (κ3) is 4.23. The number of aliphatic hydroxyl groups is 1. The topological polar surface area (TPSA) is 38.7 Å². The standard InChI is InChI=1S/C18H22O3/c1-20-15-11-12-16(18(13-15)21-2)17(19)10-6-9-14-7-4-3-5-8-14/h3-5,7-8,11-13,17,19H,6,9-10H2,1-2H3. The summed E-state index contributed by atoms with van der Waals surface area (Å²) in [6.45, 7) is 0. The number of methoxy groups -OCH3 is 2. The number of hydrogen-bond donors (Lipinski definition) is 1. The van der Waals surface area contributed by atoms with Gasteiger partial charge < -0.3 is 14.6 Å². The van der Waals surface area contributed by atoms with Crippen LogP contribution >= 0.6 is 0 Å². The predicted molar refractivity (Wildman–Crippen MR) is 83.9 cm³/mol. The molecule has 2 rings (SSSR count). The van der Waals surface area contributed by atoms with Crippen molar-refractivity contribution in [3.05, 3.63) is 59.7 Å². The molecular formula is C18H22O3. The molecule has 0 amide bonds. The van der Waals surface area contributed by atoms with E-state index in [0.29, 0.717) is 12.2 Å². The molecule has 0 heterocycles. The minimum atomic E-state index is -0.519. The van der Waals surface area contributed by atoms with Crippen molar-refractivity contribution in [2.75, 3.05) is 14.2 Å². The molecule has 3 nitrogen and oxygen atoms in total. The lowest BCUT2D eigenvalue weighted by molar-refractivity contribution is 0.160. The number of benzene rings is 2. The summed E-state index contributed by atoms with van der Waals surface area (Å²) in [5.74, 6) is 1.40. The number of ether oxygens (including phenoxy) is 2. The average Bonchev–Trinajstić information content (AvgIpc) is 2.55. The van der Waals surface area contributed by atoms with Gasteiger partial charge in [-0.1, -0.05) is 30.3 Å². The molecule has 0 aliphatic rings. The summed E-state index contributed by atoms with van der Waals surface area (Å²) in [4.78, 5) is 0. The van der Waals surface area contributed by atoms with Crippen LogP contribution < -0.4 is 9.47 Å². The van der Waals surface area contributed by atoms with E-state index in [1.165, 1.54) is 5.56 Å². The zero-order chi connectivity index (χ0) is 15.1. The third-order valence-corrected chi connectivity index (χ3v) is 3.59. The molecule has 0 radical (unpaired) electrons. The summed E-state index contributed by atoms with van der Waals surface area (Å²) in [5, 5.41) is 10.4. The Morgan fingerprint density at radius 1 is 1.00 bits per heavy atom. The first-order valence-electron chi connectivity index (χ1n) is 7.18. The van der Waals surface area contributed by atoms with Crippen LogP contribution in [0.1, 0.15) is 30.1 Å². The third-order valence-electron chi connectivity index (χ3n) is 3.59. The summed E-state index contributed by atoms with van der Waals surface area (Å²) in [7, 11) is 3.22. The normalized spacial score (nSPS) is 12.0. The Morgan fingerprint density at radius 3 is 2.43 bits per heavy atom. The van der Waals surface area contributed by atoms with Crippen molar-refractivity contribution in [3.63, 3.8) is 0 Å². The second-order valence-corrected chi connectivity index (χ2v) is 5.00. The molecule has 0 aliphatic carbocycles. The van der Waals surface area contributed by atoms with Gasteiger partial charge in [0.05, 0.1) is 20.3 Å². The number of aryl methyl sites for hydroxylation is 1.